The highest BCUT2D eigenvalue weighted by molar-refractivity contribution is 5.86. The summed E-state index contributed by atoms with van der Waals surface area (Å²) < 4.78 is 4.90. The molecule has 0 aromatic carbocycles. The number of hydrogen-bond acceptors (Lipinski definition) is 5. The molecule has 0 saturated heterocycles. The summed E-state index contributed by atoms with van der Waals surface area (Å²) in [6, 6.07) is -0.0528. The summed E-state index contributed by atoms with van der Waals surface area (Å²) in [5.41, 5.74) is -1.98. The minimum atomic E-state index is -1.35. The lowest BCUT2D eigenvalue weighted by atomic mass is 10.2. The van der Waals surface area contributed by atoms with E-state index in [0.29, 0.717) is 6.61 Å². The molecule has 8 nitrogen and oxygen atoms in total. The molecule has 1 heterocycles. The molecular weight excluding hydrogens is 242 g/mol. The third-order valence-corrected chi connectivity index (χ3v) is 2.30. The molecule has 1 rings (SSSR count). The Morgan fingerprint density at radius 2 is 2.11 bits per heavy atom. The van der Waals surface area contributed by atoms with Gasteiger partial charge >= 0.3 is 11.7 Å². The van der Waals surface area contributed by atoms with Crippen LogP contribution < -0.4 is 16.6 Å². The Morgan fingerprint density at radius 3 is 2.67 bits per heavy atom. The maximum atomic E-state index is 11.5. The summed E-state index contributed by atoms with van der Waals surface area (Å²) >= 11 is 0. The number of methoxy groups -OCH3 is 1. The molecule has 1 aromatic heterocycles. The van der Waals surface area contributed by atoms with Crippen molar-refractivity contribution in [2.45, 2.75) is 19.5 Å². The van der Waals surface area contributed by atoms with E-state index in [1.54, 1.807) is 0 Å². The van der Waals surface area contributed by atoms with Crippen LogP contribution in [0.4, 0.5) is 0 Å². The Labute approximate surface area is 102 Å². The highest BCUT2D eigenvalue weighted by Gasteiger charge is 2.16. The van der Waals surface area contributed by atoms with Crippen molar-refractivity contribution in [1.29, 1.82) is 0 Å². The fourth-order valence-corrected chi connectivity index (χ4v) is 1.45. The van der Waals surface area contributed by atoms with Gasteiger partial charge in [0, 0.05) is 19.7 Å². The van der Waals surface area contributed by atoms with Crippen LogP contribution in [0.3, 0.4) is 0 Å². The molecule has 18 heavy (non-hydrogen) atoms. The normalized spacial score (nSPS) is 12.3. The van der Waals surface area contributed by atoms with Crippen LogP contribution in [0.25, 0.3) is 0 Å². The standard InChI is InChI=1S/C10H15N3O5/c1-5(4-18-2)11-3-6-7(9(15)16)12-10(17)13-8(6)14/h5,11H,3-4H2,1-2H3,(H,15,16)(H2,12,13,14,17). The second kappa shape index (κ2) is 6.12. The number of H-pyrrole nitrogens is 2. The van der Waals surface area contributed by atoms with Crippen molar-refractivity contribution in [3.05, 3.63) is 32.1 Å². The first-order valence-corrected chi connectivity index (χ1v) is 5.26. The van der Waals surface area contributed by atoms with Crippen LogP contribution in [-0.4, -0.2) is 40.8 Å². The van der Waals surface area contributed by atoms with E-state index in [1.807, 2.05) is 11.9 Å². The molecule has 4 N–H and O–H groups in total. The molecule has 0 spiro atoms. The van der Waals surface area contributed by atoms with E-state index in [0.717, 1.165) is 0 Å². The first-order valence-electron chi connectivity index (χ1n) is 5.26. The fourth-order valence-electron chi connectivity index (χ4n) is 1.45. The summed E-state index contributed by atoms with van der Waals surface area (Å²) in [4.78, 5) is 37.5. The van der Waals surface area contributed by atoms with Crippen LogP contribution >= 0.6 is 0 Å². The molecule has 0 bridgehead atoms. The van der Waals surface area contributed by atoms with Crippen molar-refractivity contribution >= 4 is 5.97 Å². The zero-order chi connectivity index (χ0) is 13.7. The minimum Gasteiger partial charge on any atom is -0.477 e. The average molecular weight is 257 g/mol. The average Bonchev–Trinajstić information content (AvgIpc) is 2.27. The Bertz CT molecular complexity index is 533. The van der Waals surface area contributed by atoms with Gasteiger partial charge in [-0.25, -0.2) is 9.59 Å². The molecular formula is C10H15N3O5. The SMILES string of the molecule is COCC(C)NCc1c(C(=O)O)[nH]c(=O)[nH]c1=O. The van der Waals surface area contributed by atoms with Gasteiger partial charge in [0.1, 0.15) is 5.69 Å². The highest BCUT2D eigenvalue weighted by atomic mass is 16.5. The number of rotatable bonds is 6. The van der Waals surface area contributed by atoms with Gasteiger partial charge in [0.2, 0.25) is 0 Å². The second-order valence-corrected chi connectivity index (χ2v) is 3.80. The van der Waals surface area contributed by atoms with Gasteiger partial charge < -0.3 is 20.1 Å². The van der Waals surface area contributed by atoms with Crippen molar-refractivity contribution in [2.75, 3.05) is 13.7 Å². The molecule has 0 aliphatic heterocycles. The quantitative estimate of drug-likeness (QED) is 0.512. The third kappa shape index (κ3) is 3.54. The van der Waals surface area contributed by atoms with E-state index in [9.17, 15) is 14.4 Å². The largest absolute Gasteiger partial charge is 0.477 e. The van der Waals surface area contributed by atoms with E-state index in [1.165, 1.54) is 7.11 Å². The zero-order valence-corrected chi connectivity index (χ0v) is 10.1. The number of nitrogens with one attached hydrogen (secondary N) is 3. The number of ether oxygens (including phenoxy) is 1. The number of hydrogen-bond donors (Lipinski definition) is 4. The molecule has 0 fully saturated rings. The number of aromatic nitrogens is 2. The van der Waals surface area contributed by atoms with Crippen molar-refractivity contribution in [1.82, 2.24) is 15.3 Å². The summed E-state index contributed by atoms with van der Waals surface area (Å²) in [6.07, 6.45) is 0. The third-order valence-electron chi connectivity index (χ3n) is 2.30. The van der Waals surface area contributed by atoms with Gasteiger partial charge in [0.05, 0.1) is 12.2 Å². The smallest absolute Gasteiger partial charge is 0.352 e. The van der Waals surface area contributed by atoms with Crippen LogP contribution in [0.1, 0.15) is 23.0 Å². The maximum absolute atomic E-state index is 11.5. The van der Waals surface area contributed by atoms with E-state index in [-0.39, 0.29) is 18.2 Å². The van der Waals surface area contributed by atoms with Gasteiger partial charge in [-0.2, -0.15) is 0 Å². The molecule has 0 amide bonds. The lowest BCUT2D eigenvalue weighted by Crippen LogP contribution is -2.36. The van der Waals surface area contributed by atoms with Crippen molar-refractivity contribution in [3.8, 4) is 0 Å². The van der Waals surface area contributed by atoms with Crippen LogP contribution in [-0.2, 0) is 11.3 Å². The molecule has 0 aliphatic rings. The molecule has 1 unspecified atom stereocenters. The lowest BCUT2D eigenvalue weighted by Gasteiger charge is -2.12. The summed E-state index contributed by atoms with van der Waals surface area (Å²) in [6.45, 7) is 2.27. The monoisotopic (exact) mass is 257 g/mol. The van der Waals surface area contributed by atoms with Crippen LogP contribution in [0.15, 0.2) is 9.59 Å². The molecule has 0 radical (unpaired) electrons. The first-order chi connectivity index (χ1) is 8.45. The van der Waals surface area contributed by atoms with Crippen molar-refractivity contribution in [3.63, 3.8) is 0 Å². The molecule has 100 valence electrons. The number of aromatic amines is 2. The lowest BCUT2D eigenvalue weighted by molar-refractivity contribution is 0.0688. The molecule has 1 atom stereocenters. The zero-order valence-electron chi connectivity index (χ0n) is 10.1. The van der Waals surface area contributed by atoms with Gasteiger partial charge in [-0.05, 0) is 6.92 Å². The predicted octanol–water partition coefficient (Wildman–Crippen LogP) is -1.11. The van der Waals surface area contributed by atoms with Gasteiger partial charge in [-0.1, -0.05) is 0 Å². The molecule has 8 heteroatoms. The number of aromatic carboxylic acids is 1. The second-order valence-electron chi connectivity index (χ2n) is 3.80. The molecule has 1 aromatic rings. The Balaban J connectivity index is 2.97. The summed E-state index contributed by atoms with van der Waals surface area (Å²) in [5.74, 6) is -1.35. The Kier molecular flexibility index (Phi) is 4.81. The van der Waals surface area contributed by atoms with Gasteiger partial charge in [-0.15, -0.1) is 0 Å². The fraction of sp³-hybridized carbons (Fsp3) is 0.500. The summed E-state index contributed by atoms with van der Waals surface area (Å²) in [7, 11) is 1.54. The van der Waals surface area contributed by atoms with E-state index in [4.69, 9.17) is 9.84 Å². The highest BCUT2D eigenvalue weighted by Crippen LogP contribution is 1.98. The van der Waals surface area contributed by atoms with E-state index in [2.05, 4.69) is 10.3 Å². The maximum Gasteiger partial charge on any atom is 0.352 e. The van der Waals surface area contributed by atoms with Crippen LogP contribution in [0, 0.1) is 0 Å². The number of carboxylic acid groups (broad SMARTS) is 1. The Morgan fingerprint density at radius 1 is 1.44 bits per heavy atom. The van der Waals surface area contributed by atoms with Crippen molar-refractivity contribution in [2.24, 2.45) is 0 Å². The predicted molar refractivity (Wildman–Crippen MR) is 62.8 cm³/mol. The Hall–Kier alpha value is -1.93. The minimum absolute atomic E-state index is 0.0231. The molecule has 0 saturated carbocycles. The summed E-state index contributed by atoms with van der Waals surface area (Å²) in [5, 5.41) is 11.8. The number of carboxylic acids is 1. The van der Waals surface area contributed by atoms with Crippen LogP contribution in [0.2, 0.25) is 0 Å². The van der Waals surface area contributed by atoms with Crippen LogP contribution in [0.5, 0.6) is 0 Å². The van der Waals surface area contributed by atoms with Gasteiger partial charge in [-0.3, -0.25) is 9.78 Å². The topological polar surface area (TPSA) is 124 Å². The van der Waals surface area contributed by atoms with Crippen molar-refractivity contribution < 1.29 is 14.6 Å². The van der Waals surface area contributed by atoms with Gasteiger partial charge in [0.25, 0.3) is 5.56 Å². The van der Waals surface area contributed by atoms with E-state index >= 15 is 0 Å². The van der Waals surface area contributed by atoms with Gasteiger partial charge in [0.15, 0.2) is 0 Å². The van der Waals surface area contributed by atoms with E-state index < -0.39 is 22.9 Å². The first kappa shape index (κ1) is 14.1. The molecule has 0 aliphatic carbocycles. The number of carbonyl (C=O) groups is 1.